The van der Waals surface area contributed by atoms with Crippen LogP contribution in [0.4, 0.5) is 26.3 Å². The number of hydrogen-bond acceptors (Lipinski definition) is 2. The summed E-state index contributed by atoms with van der Waals surface area (Å²) in [7, 11) is 0. The Bertz CT molecular complexity index is 520. The first-order valence-electron chi connectivity index (χ1n) is 8.55. The third-order valence-electron chi connectivity index (χ3n) is 5.73. The molecule has 0 aliphatic heterocycles. The molecule has 2 fully saturated rings. The van der Waals surface area contributed by atoms with Crippen molar-refractivity contribution in [3.8, 4) is 0 Å². The Hall–Kier alpha value is -1.21. The van der Waals surface area contributed by atoms with E-state index in [1.807, 2.05) is 0 Å². The number of carbonyl (C=O) groups is 1. The quantitative estimate of drug-likeness (QED) is 0.373. The van der Waals surface area contributed by atoms with Crippen molar-refractivity contribution < 1.29 is 36.2 Å². The molecule has 0 radical (unpaired) electrons. The van der Waals surface area contributed by atoms with Crippen LogP contribution in [0.3, 0.4) is 0 Å². The van der Waals surface area contributed by atoms with E-state index in [0.29, 0.717) is 12.8 Å². The third-order valence-corrected chi connectivity index (χ3v) is 5.73. The van der Waals surface area contributed by atoms with Crippen molar-refractivity contribution in [2.75, 3.05) is 0 Å². The third kappa shape index (κ3) is 3.53. The van der Waals surface area contributed by atoms with Gasteiger partial charge in [0.05, 0.1) is 0 Å². The molecule has 0 heterocycles. The molecular weight excluding hydrogens is 350 g/mol. The molecule has 0 aromatic heterocycles. The van der Waals surface area contributed by atoms with Crippen LogP contribution in [-0.4, -0.2) is 23.2 Å². The van der Waals surface area contributed by atoms with E-state index in [2.05, 4.69) is 0 Å². The summed E-state index contributed by atoms with van der Waals surface area (Å²) in [5.74, 6) is -2.72. The molecule has 0 unspecified atom stereocenters. The number of carbonyl (C=O) groups excluding carboxylic acids is 1. The molecule has 0 saturated heterocycles. The van der Waals surface area contributed by atoms with Crippen molar-refractivity contribution in [3.05, 3.63) is 11.8 Å². The van der Waals surface area contributed by atoms with Gasteiger partial charge in [-0.15, -0.1) is 0 Å². The minimum absolute atomic E-state index is 0.185. The zero-order valence-corrected chi connectivity index (χ0v) is 13.8. The number of aliphatic hydroxyl groups is 1. The van der Waals surface area contributed by atoms with Gasteiger partial charge in [-0.1, -0.05) is 38.5 Å². The van der Waals surface area contributed by atoms with Gasteiger partial charge in [0.15, 0.2) is 5.78 Å². The van der Waals surface area contributed by atoms with Gasteiger partial charge in [-0.05, 0) is 25.7 Å². The van der Waals surface area contributed by atoms with Crippen molar-refractivity contribution in [1.82, 2.24) is 0 Å². The lowest BCUT2D eigenvalue weighted by atomic mass is 9.68. The van der Waals surface area contributed by atoms with Gasteiger partial charge >= 0.3 is 12.4 Å². The summed E-state index contributed by atoms with van der Waals surface area (Å²) < 4.78 is 81.1. The normalized spacial score (nSPS) is 24.8. The summed E-state index contributed by atoms with van der Waals surface area (Å²) in [6, 6.07) is 0. The zero-order chi connectivity index (χ0) is 18.9. The largest absolute Gasteiger partial charge is 0.511 e. The lowest BCUT2D eigenvalue weighted by Crippen LogP contribution is -2.47. The number of alkyl halides is 6. The van der Waals surface area contributed by atoms with Crippen LogP contribution in [0, 0.1) is 10.8 Å². The zero-order valence-electron chi connectivity index (χ0n) is 13.8. The molecule has 0 spiro atoms. The first kappa shape index (κ1) is 20.1. The molecule has 2 aliphatic rings. The average molecular weight is 372 g/mol. The summed E-state index contributed by atoms with van der Waals surface area (Å²) in [4.78, 5) is 12.4. The first-order valence-corrected chi connectivity index (χ1v) is 8.55. The maximum Gasteiger partial charge on any atom is 0.401 e. The lowest BCUT2D eigenvalue weighted by Gasteiger charge is -2.39. The van der Waals surface area contributed by atoms with Crippen LogP contribution in [0.25, 0.3) is 0 Å². The monoisotopic (exact) mass is 372 g/mol. The molecule has 25 heavy (non-hydrogen) atoms. The van der Waals surface area contributed by atoms with E-state index in [4.69, 9.17) is 0 Å². The fourth-order valence-electron chi connectivity index (χ4n) is 4.07. The molecule has 0 bridgehead atoms. The highest BCUT2D eigenvalue weighted by molar-refractivity contribution is 5.96. The van der Waals surface area contributed by atoms with Crippen LogP contribution < -0.4 is 0 Å². The van der Waals surface area contributed by atoms with Crippen LogP contribution >= 0.6 is 0 Å². The molecule has 0 aromatic rings. The van der Waals surface area contributed by atoms with Crippen molar-refractivity contribution >= 4 is 5.78 Å². The van der Waals surface area contributed by atoms with Gasteiger partial charge in [0.25, 0.3) is 0 Å². The summed E-state index contributed by atoms with van der Waals surface area (Å²) in [6.07, 6.45) is -9.27. The summed E-state index contributed by atoms with van der Waals surface area (Å²) in [5, 5.41) is 10.1. The van der Waals surface area contributed by atoms with Gasteiger partial charge in [-0.25, -0.2) is 0 Å². The molecule has 0 amide bonds. The SMILES string of the molecule is O=C(/C=C(\O)C1(C(F)(F)F)CCCCC1)C1(C(F)(F)F)CCCCC1. The fourth-order valence-corrected chi connectivity index (χ4v) is 4.07. The van der Waals surface area contributed by atoms with Crippen molar-refractivity contribution in [3.63, 3.8) is 0 Å². The van der Waals surface area contributed by atoms with Crippen LogP contribution in [-0.2, 0) is 4.79 Å². The molecule has 144 valence electrons. The number of ketones is 1. The highest BCUT2D eigenvalue weighted by Crippen LogP contribution is 2.54. The molecule has 8 heteroatoms. The minimum atomic E-state index is -4.85. The smallest absolute Gasteiger partial charge is 0.401 e. The summed E-state index contributed by atoms with van der Waals surface area (Å²) in [5.41, 5.74) is -5.29. The van der Waals surface area contributed by atoms with Crippen LogP contribution in [0.2, 0.25) is 0 Å². The molecule has 2 aliphatic carbocycles. The predicted octanol–water partition coefficient (Wildman–Crippen LogP) is 6.02. The number of halogens is 6. The van der Waals surface area contributed by atoms with Gasteiger partial charge in [-0.3, -0.25) is 4.79 Å². The van der Waals surface area contributed by atoms with Gasteiger partial charge in [0, 0.05) is 6.08 Å². The fraction of sp³-hybridized carbons (Fsp3) is 0.824. The van der Waals surface area contributed by atoms with E-state index in [-0.39, 0.29) is 31.8 Å². The van der Waals surface area contributed by atoms with E-state index < -0.39 is 60.4 Å². The molecule has 2 rings (SSSR count). The van der Waals surface area contributed by atoms with E-state index in [0.717, 1.165) is 0 Å². The first-order chi connectivity index (χ1) is 11.5. The van der Waals surface area contributed by atoms with Crippen LogP contribution in [0.1, 0.15) is 64.2 Å². The highest BCUT2D eigenvalue weighted by atomic mass is 19.4. The Labute approximate surface area is 142 Å². The van der Waals surface area contributed by atoms with E-state index in [1.165, 1.54) is 0 Å². The second-order valence-corrected chi connectivity index (χ2v) is 7.17. The molecule has 1 N–H and O–H groups in total. The van der Waals surface area contributed by atoms with Gasteiger partial charge in [0.1, 0.15) is 16.6 Å². The maximum absolute atomic E-state index is 13.5. The minimum Gasteiger partial charge on any atom is -0.511 e. The number of allylic oxidation sites excluding steroid dienone is 2. The molecular formula is C17H22F6O2. The lowest BCUT2D eigenvalue weighted by molar-refractivity contribution is -0.230. The molecule has 2 saturated carbocycles. The molecule has 2 nitrogen and oxygen atoms in total. The number of aliphatic hydroxyl groups excluding tert-OH is 1. The second kappa shape index (κ2) is 6.83. The van der Waals surface area contributed by atoms with Gasteiger partial charge in [0.2, 0.25) is 0 Å². The van der Waals surface area contributed by atoms with Gasteiger partial charge < -0.3 is 5.11 Å². The molecule has 0 atom stereocenters. The van der Waals surface area contributed by atoms with Crippen molar-refractivity contribution in [1.29, 1.82) is 0 Å². The van der Waals surface area contributed by atoms with E-state index in [1.54, 1.807) is 0 Å². The maximum atomic E-state index is 13.5. The summed E-state index contributed by atoms with van der Waals surface area (Å²) in [6.45, 7) is 0. The topological polar surface area (TPSA) is 37.3 Å². The summed E-state index contributed by atoms with van der Waals surface area (Å²) >= 11 is 0. The van der Waals surface area contributed by atoms with E-state index >= 15 is 0 Å². The molecule has 0 aromatic carbocycles. The Morgan fingerprint density at radius 1 is 0.720 bits per heavy atom. The van der Waals surface area contributed by atoms with Gasteiger partial charge in [-0.2, -0.15) is 26.3 Å². The second-order valence-electron chi connectivity index (χ2n) is 7.17. The number of hydrogen-bond donors (Lipinski definition) is 1. The Balaban J connectivity index is 2.40. The Morgan fingerprint density at radius 3 is 1.44 bits per heavy atom. The Morgan fingerprint density at radius 2 is 1.08 bits per heavy atom. The van der Waals surface area contributed by atoms with Crippen molar-refractivity contribution in [2.24, 2.45) is 10.8 Å². The van der Waals surface area contributed by atoms with Crippen LogP contribution in [0.15, 0.2) is 11.8 Å². The van der Waals surface area contributed by atoms with Crippen LogP contribution in [0.5, 0.6) is 0 Å². The van der Waals surface area contributed by atoms with E-state index in [9.17, 15) is 36.2 Å². The van der Waals surface area contributed by atoms with Crippen molar-refractivity contribution in [2.45, 2.75) is 76.6 Å². The predicted molar refractivity (Wildman–Crippen MR) is 78.9 cm³/mol. The highest BCUT2D eigenvalue weighted by Gasteiger charge is 2.61. The average Bonchev–Trinajstić information content (AvgIpc) is 2.54. The Kier molecular flexibility index (Phi) is 5.50. The number of rotatable bonds is 3. The standard InChI is InChI=1S/C17H22F6O2/c18-16(19,20)14(7-3-1-4-8-14)12(24)11-13(25)15(17(21,22)23)9-5-2-6-10-15/h11,24H,1-10H2/b12-11-.